The summed E-state index contributed by atoms with van der Waals surface area (Å²) in [6.45, 7) is 8.62. The van der Waals surface area contributed by atoms with Crippen molar-refractivity contribution in [3.8, 4) is 18.1 Å². The zero-order chi connectivity index (χ0) is 12.9. The first-order valence-corrected chi connectivity index (χ1v) is 9.11. The molecule has 0 spiro atoms. The lowest BCUT2D eigenvalue weighted by atomic mass is 10.1. The molecule has 1 aromatic carbocycles. The topological polar surface area (TPSA) is 18.5 Å². The highest BCUT2D eigenvalue weighted by molar-refractivity contribution is 6.69. The number of ether oxygens (including phenoxy) is 1. The van der Waals surface area contributed by atoms with Crippen LogP contribution < -0.4 is 4.74 Å². The van der Waals surface area contributed by atoms with Crippen molar-refractivity contribution in [2.45, 2.75) is 32.2 Å². The summed E-state index contributed by atoms with van der Waals surface area (Å²) in [5.74, 6) is 3.51. The fourth-order valence-corrected chi connectivity index (χ4v) is 2.98. The molecule has 0 aliphatic heterocycles. The Balaban J connectivity index is 2.62. The summed E-state index contributed by atoms with van der Waals surface area (Å²) in [6, 6.07) is 9.63. The molecular weight excluding hydrogens is 228 g/mol. The Morgan fingerprint density at radius 3 is 2.29 bits per heavy atom. The van der Waals surface area contributed by atoms with Gasteiger partial charge in [0, 0.05) is 0 Å². The maximum atomic E-state index is 5.97. The van der Waals surface area contributed by atoms with Crippen molar-refractivity contribution >= 4 is 8.32 Å². The molecule has 1 unspecified atom stereocenters. The van der Waals surface area contributed by atoms with Gasteiger partial charge >= 0.3 is 0 Å². The first-order valence-electron chi connectivity index (χ1n) is 5.70. The second kappa shape index (κ2) is 5.39. The first kappa shape index (κ1) is 13.8. The van der Waals surface area contributed by atoms with Crippen LogP contribution in [0.5, 0.6) is 5.75 Å². The molecule has 17 heavy (non-hydrogen) atoms. The molecule has 3 heteroatoms. The molecule has 1 atom stereocenters. The highest BCUT2D eigenvalue weighted by Crippen LogP contribution is 2.19. The molecule has 0 N–H and O–H groups in total. The summed E-state index contributed by atoms with van der Waals surface area (Å²) in [7, 11) is -1.67. The van der Waals surface area contributed by atoms with Crippen molar-refractivity contribution in [1.82, 2.24) is 0 Å². The Hall–Kier alpha value is -1.24. The Labute approximate surface area is 105 Å². The molecule has 0 radical (unpaired) electrons. The molecule has 0 saturated heterocycles. The third kappa shape index (κ3) is 5.07. The highest BCUT2D eigenvalue weighted by Gasteiger charge is 2.30. The van der Waals surface area contributed by atoms with Gasteiger partial charge in [0.2, 0.25) is 0 Å². The normalized spacial score (nSPS) is 14.8. The van der Waals surface area contributed by atoms with Crippen LogP contribution in [0.2, 0.25) is 19.6 Å². The first-order chi connectivity index (χ1) is 7.85. The van der Waals surface area contributed by atoms with Gasteiger partial charge in [0.1, 0.15) is 18.0 Å². The molecule has 0 aliphatic rings. The number of hydrogen-bond donors (Lipinski definition) is 0. The van der Waals surface area contributed by atoms with E-state index < -0.39 is 13.9 Å². The molecule has 0 amide bonds. The molecule has 1 aromatic rings. The van der Waals surface area contributed by atoms with Crippen molar-refractivity contribution in [1.29, 1.82) is 0 Å². The van der Waals surface area contributed by atoms with Crippen molar-refractivity contribution < 1.29 is 9.16 Å². The van der Waals surface area contributed by atoms with Gasteiger partial charge in [-0.3, -0.25) is 0 Å². The third-order valence-corrected chi connectivity index (χ3v) is 3.16. The van der Waals surface area contributed by atoms with Crippen LogP contribution in [0, 0.1) is 12.3 Å². The Bertz CT molecular complexity index is 389. The third-order valence-electron chi connectivity index (χ3n) is 2.09. The van der Waals surface area contributed by atoms with Gasteiger partial charge in [-0.2, -0.15) is 0 Å². The van der Waals surface area contributed by atoms with E-state index in [-0.39, 0.29) is 0 Å². The lowest BCUT2D eigenvalue weighted by Crippen LogP contribution is -2.43. The van der Waals surface area contributed by atoms with E-state index in [0.717, 1.165) is 5.75 Å². The summed E-state index contributed by atoms with van der Waals surface area (Å²) in [5, 5.41) is 0. The second-order valence-electron chi connectivity index (χ2n) is 5.19. The molecule has 0 aromatic heterocycles. The lowest BCUT2D eigenvalue weighted by molar-refractivity contribution is 0.0794. The number of terminal acetylenes is 1. The molecule has 2 nitrogen and oxygen atoms in total. The predicted octanol–water partition coefficient (Wildman–Crippen LogP) is 3.31. The summed E-state index contributed by atoms with van der Waals surface area (Å²) < 4.78 is 11.6. The van der Waals surface area contributed by atoms with Gasteiger partial charge in [-0.1, -0.05) is 24.1 Å². The van der Waals surface area contributed by atoms with E-state index in [0.29, 0.717) is 6.61 Å². The monoisotopic (exact) mass is 248 g/mol. The van der Waals surface area contributed by atoms with Crippen LogP contribution in [0.15, 0.2) is 30.3 Å². The van der Waals surface area contributed by atoms with Gasteiger partial charge in [-0.15, -0.1) is 6.42 Å². The summed E-state index contributed by atoms with van der Waals surface area (Å²) in [5.41, 5.74) is -0.652. The van der Waals surface area contributed by atoms with E-state index in [9.17, 15) is 0 Å². The number of benzene rings is 1. The predicted molar refractivity (Wildman–Crippen MR) is 73.6 cm³/mol. The van der Waals surface area contributed by atoms with Crippen molar-refractivity contribution in [3.05, 3.63) is 30.3 Å². The molecule has 0 bridgehead atoms. The number of para-hydroxylation sites is 1. The molecule has 0 heterocycles. The van der Waals surface area contributed by atoms with Gasteiger partial charge in [-0.05, 0) is 38.7 Å². The molecule has 0 aliphatic carbocycles. The maximum Gasteiger partial charge on any atom is 0.185 e. The van der Waals surface area contributed by atoms with Gasteiger partial charge in [0.25, 0.3) is 0 Å². The minimum Gasteiger partial charge on any atom is -0.490 e. The average molecular weight is 248 g/mol. The molecule has 92 valence electrons. The minimum atomic E-state index is -1.67. The number of rotatable bonds is 5. The summed E-state index contributed by atoms with van der Waals surface area (Å²) >= 11 is 0. The Morgan fingerprint density at radius 1 is 1.24 bits per heavy atom. The minimum absolute atomic E-state index is 0.373. The van der Waals surface area contributed by atoms with Crippen LogP contribution >= 0.6 is 0 Å². The maximum absolute atomic E-state index is 5.97. The second-order valence-corrected chi connectivity index (χ2v) is 9.62. The Morgan fingerprint density at radius 2 is 1.82 bits per heavy atom. The van der Waals surface area contributed by atoms with Crippen LogP contribution in [0.4, 0.5) is 0 Å². The van der Waals surface area contributed by atoms with Crippen LogP contribution in [0.3, 0.4) is 0 Å². The fraction of sp³-hybridized carbons (Fsp3) is 0.429. The van der Waals surface area contributed by atoms with E-state index in [2.05, 4.69) is 25.6 Å². The molecule has 0 saturated carbocycles. The summed E-state index contributed by atoms with van der Waals surface area (Å²) in [6.07, 6.45) is 5.55. The molecule has 0 fully saturated rings. The largest absolute Gasteiger partial charge is 0.490 e. The van der Waals surface area contributed by atoms with E-state index in [1.54, 1.807) is 0 Å². The van der Waals surface area contributed by atoms with Gasteiger partial charge in [-0.25, -0.2) is 0 Å². The zero-order valence-corrected chi connectivity index (χ0v) is 12.0. The van der Waals surface area contributed by atoms with Gasteiger partial charge in [0.15, 0.2) is 8.32 Å². The highest BCUT2D eigenvalue weighted by atomic mass is 28.4. The van der Waals surface area contributed by atoms with Crippen molar-refractivity contribution in [2.24, 2.45) is 0 Å². The molecular formula is C14H20O2Si. The standard InChI is InChI=1S/C14H20O2Si/c1-6-14(2,16-17(3,4)5)12-15-13-10-8-7-9-11-13/h1,7-11H,12H2,2-5H3. The fourth-order valence-electron chi connectivity index (χ4n) is 1.51. The number of hydrogen-bond acceptors (Lipinski definition) is 2. The smallest absolute Gasteiger partial charge is 0.185 e. The van der Waals surface area contributed by atoms with Crippen LogP contribution in [-0.4, -0.2) is 20.5 Å². The van der Waals surface area contributed by atoms with Gasteiger partial charge in [0.05, 0.1) is 0 Å². The quantitative estimate of drug-likeness (QED) is 0.588. The van der Waals surface area contributed by atoms with E-state index in [1.807, 2.05) is 37.3 Å². The van der Waals surface area contributed by atoms with Gasteiger partial charge < -0.3 is 9.16 Å². The lowest BCUT2D eigenvalue weighted by Gasteiger charge is -2.31. The zero-order valence-electron chi connectivity index (χ0n) is 11.0. The van der Waals surface area contributed by atoms with E-state index >= 15 is 0 Å². The van der Waals surface area contributed by atoms with Crippen LogP contribution in [0.1, 0.15) is 6.92 Å². The Kier molecular flexibility index (Phi) is 4.38. The van der Waals surface area contributed by atoms with Crippen molar-refractivity contribution in [2.75, 3.05) is 6.61 Å². The van der Waals surface area contributed by atoms with E-state index in [1.165, 1.54) is 0 Å². The van der Waals surface area contributed by atoms with E-state index in [4.69, 9.17) is 15.6 Å². The molecule has 1 rings (SSSR count). The SMILES string of the molecule is C#CC(C)(COc1ccccc1)O[Si](C)(C)C. The van der Waals surface area contributed by atoms with Crippen LogP contribution in [-0.2, 0) is 4.43 Å². The van der Waals surface area contributed by atoms with Crippen LogP contribution in [0.25, 0.3) is 0 Å². The van der Waals surface area contributed by atoms with Crippen molar-refractivity contribution in [3.63, 3.8) is 0 Å². The average Bonchev–Trinajstić information content (AvgIpc) is 2.26. The summed E-state index contributed by atoms with van der Waals surface area (Å²) in [4.78, 5) is 0.